The molecule has 1 aromatic carbocycles. The van der Waals surface area contributed by atoms with Crippen LogP contribution in [0.1, 0.15) is 50.0 Å². The topological polar surface area (TPSA) is 42.0 Å². The summed E-state index contributed by atoms with van der Waals surface area (Å²) in [5.41, 5.74) is 3.41. The van der Waals surface area contributed by atoms with E-state index in [1.165, 1.54) is 49.0 Å². The number of hydrogen-bond acceptors (Lipinski definition) is 3. The van der Waals surface area contributed by atoms with E-state index in [0.717, 1.165) is 11.3 Å². The average molecular weight is 324 g/mol. The number of nitrogens with one attached hydrogen (secondary N) is 1. The van der Waals surface area contributed by atoms with E-state index in [1.807, 2.05) is 5.38 Å². The van der Waals surface area contributed by atoms with Gasteiger partial charge in [0.05, 0.1) is 12.1 Å². The molecule has 0 atom stereocenters. The van der Waals surface area contributed by atoms with E-state index in [2.05, 4.69) is 40.5 Å². The summed E-state index contributed by atoms with van der Waals surface area (Å²) < 4.78 is 0. The fourth-order valence-electron chi connectivity index (χ4n) is 3.08. The standard InChI is InChI=1S/C19H20N2OS/c1-2-6-18(22)21-19-20-17(13-23-19)16-11-9-15(10-12-16)14-7-4-3-5-8-14/h1,9-14H,3-8H2,(H,20,21,22). The van der Waals surface area contributed by atoms with Crippen molar-refractivity contribution in [3.8, 4) is 23.6 Å². The zero-order valence-electron chi connectivity index (χ0n) is 13.0. The Morgan fingerprint density at radius 3 is 2.70 bits per heavy atom. The Morgan fingerprint density at radius 1 is 1.26 bits per heavy atom. The van der Waals surface area contributed by atoms with Gasteiger partial charge >= 0.3 is 0 Å². The molecule has 0 bridgehead atoms. The summed E-state index contributed by atoms with van der Waals surface area (Å²) in [5.74, 6) is 2.85. The van der Waals surface area contributed by atoms with Gasteiger partial charge in [-0.2, -0.15) is 0 Å². The number of aromatic nitrogens is 1. The maximum atomic E-state index is 11.5. The molecule has 23 heavy (non-hydrogen) atoms. The van der Waals surface area contributed by atoms with Crippen molar-refractivity contribution in [1.82, 2.24) is 4.98 Å². The predicted octanol–water partition coefficient (Wildman–Crippen LogP) is 4.82. The molecular weight excluding hydrogens is 304 g/mol. The van der Waals surface area contributed by atoms with Crippen LogP contribution in [-0.2, 0) is 4.79 Å². The zero-order chi connectivity index (χ0) is 16.1. The minimum absolute atomic E-state index is 0.0744. The van der Waals surface area contributed by atoms with Crippen LogP contribution in [0.3, 0.4) is 0 Å². The van der Waals surface area contributed by atoms with Crippen molar-refractivity contribution < 1.29 is 4.79 Å². The highest BCUT2D eigenvalue weighted by atomic mass is 32.1. The van der Waals surface area contributed by atoms with Gasteiger partial charge in [-0.05, 0) is 24.3 Å². The Bertz CT molecular complexity index is 706. The van der Waals surface area contributed by atoms with Crippen molar-refractivity contribution in [3.63, 3.8) is 0 Å². The van der Waals surface area contributed by atoms with Gasteiger partial charge in [-0.25, -0.2) is 4.98 Å². The summed E-state index contributed by atoms with van der Waals surface area (Å²) in [6.45, 7) is 0. The fraction of sp³-hybridized carbons (Fsp3) is 0.368. The number of benzene rings is 1. The summed E-state index contributed by atoms with van der Waals surface area (Å²) in [7, 11) is 0. The van der Waals surface area contributed by atoms with Crippen molar-refractivity contribution in [2.24, 2.45) is 0 Å². The summed E-state index contributed by atoms with van der Waals surface area (Å²) >= 11 is 1.42. The second-order valence-corrected chi connectivity index (χ2v) is 6.78. The molecule has 1 fully saturated rings. The molecule has 3 rings (SSSR count). The first-order chi connectivity index (χ1) is 11.3. The van der Waals surface area contributed by atoms with E-state index in [1.54, 1.807) is 0 Å². The van der Waals surface area contributed by atoms with Crippen molar-refractivity contribution in [2.45, 2.75) is 44.4 Å². The van der Waals surface area contributed by atoms with Gasteiger partial charge in [-0.1, -0.05) is 49.4 Å². The molecule has 0 unspecified atom stereocenters. The van der Waals surface area contributed by atoms with E-state index in [4.69, 9.17) is 6.42 Å². The van der Waals surface area contributed by atoms with Crippen molar-refractivity contribution in [2.75, 3.05) is 5.32 Å². The van der Waals surface area contributed by atoms with Gasteiger partial charge in [0.2, 0.25) is 5.91 Å². The van der Waals surface area contributed by atoms with Gasteiger partial charge in [0, 0.05) is 10.9 Å². The fourth-order valence-corrected chi connectivity index (χ4v) is 3.82. The minimum atomic E-state index is -0.193. The first kappa shape index (κ1) is 15.8. The number of hydrogen-bond donors (Lipinski definition) is 1. The Kier molecular flexibility index (Phi) is 5.09. The SMILES string of the molecule is C#CCC(=O)Nc1nc(-c2ccc(C3CCCCC3)cc2)cs1. The summed E-state index contributed by atoms with van der Waals surface area (Å²) in [4.78, 5) is 16.0. The maximum absolute atomic E-state index is 11.5. The molecular formula is C19H20N2OS. The molecule has 0 saturated heterocycles. The van der Waals surface area contributed by atoms with Crippen molar-refractivity contribution >= 4 is 22.4 Å². The first-order valence-electron chi connectivity index (χ1n) is 8.05. The van der Waals surface area contributed by atoms with Crippen LogP contribution in [-0.4, -0.2) is 10.9 Å². The van der Waals surface area contributed by atoms with Gasteiger partial charge in [0.1, 0.15) is 0 Å². The largest absolute Gasteiger partial charge is 0.301 e. The van der Waals surface area contributed by atoms with Crippen LogP contribution in [0.4, 0.5) is 5.13 Å². The number of carbonyl (C=O) groups excluding carboxylic acids is 1. The van der Waals surface area contributed by atoms with Gasteiger partial charge in [-0.3, -0.25) is 4.79 Å². The molecule has 0 spiro atoms. The first-order valence-corrected chi connectivity index (χ1v) is 8.93. The Labute approximate surface area is 141 Å². The molecule has 1 N–H and O–H groups in total. The van der Waals surface area contributed by atoms with E-state index < -0.39 is 0 Å². The van der Waals surface area contributed by atoms with Crippen LogP contribution >= 0.6 is 11.3 Å². The lowest BCUT2D eigenvalue weighted by molar-refractivity contribution is -0.115. The number of carbonyl (C=O) groups is 1. The van der Waals surface area contributed by atoms with Gasteiger partial charge in [0.15, 0.2) is 5.13 Å². The summed E-state index contributed by atoms with van der Waals surface area (Å²) in [5, 5.41) is 5.28. The van der Waals surface area contributed by atoms with E-state index >= 15 is 0 Å². The molecule has 118 valence electrons. The maximum Gasteiger partial charge on any atom is 0.238 e. The molecule has 2 aromatic rings. The lowest BCUT2D eigenvalue weighted by Gasteiger charge is -2.22. The molecule has 1 aliphatic carbocycles. The Morgan fingerprint density at radius 2 is 2.00 bits per heavy atom. The summed E-state index contributed by atoms with van der Waals surface area (Å²) in [6, 6.07) is 8.71. The lowest BCUT2D eigenvalue weighted by Crippen LogP contribution is -2.09. The highest BCUT2D eigenvalue weighted by Gasteiger charge is 2.15. The van der Waals surface area contributed by atoms with Crippen LogP contribution in [0, 0.1) is 12.3 Å². The number of terminal acetylenes is 1. The smallest absolute Gasteiger partial charge is 0.238 e. The van der Waals surface area contributed by atoms with Crippen molar-refractivity contribution in [1.29, 1.82) is 0 Å². The minimum Gasteiger partial charge on any atom is -0.301 e. The number of rotatable bonds is 4. The van der Waals surface area contributed by atoms with Crippen LogP contribution in [0.25, 0.3) is 11.3 Å². The molecule has 1 saturated carbocycles. The van der Waals surface area contributed by atoms with Crippen LogP contribution in [0.5, 0.6) is 0 Å². The number of anilines is 1. The van der Waals surface area contributed by atoms with Crippen LogP contribution in [0.2, 0.25) is 0 Å². The molecule has 0 radical (unpaired) electrons. The predicted molar refractivity (Wildman–Crippen MR) is 95.5 cm³/mol. The van der Waals surface area contributed by atoms with Gasteiger partial charge in [0.25, 0.3) is 0 Å². The van der Waals surface area contributed by atoms with Gasteiger partial charge < -0.3 is 5.32 Å². The monoisotopic (exact) mass is 324 g/mol. The van der Waals surface area contributed by atoms with Crippen LogP contribution in [0.15, 0.2) is 29.6 Å². The molecule has 1 heterocycles. The highest BCUT2D eigenvalue weighted by molar-refractivity contribution is 7.14. The molecule has 4 heteroatoms. The van der Waals surface area contributed by atoms with E-state index in [0.29, 0.717) is 11.0 Å². The number of amides is 1. The molecule has 1 aromatic heterocycles. The number of thiazole rings is 1. The lowest BCUT2D eigenvalue weighted by atomic mass is 9.84. The van der Waals surface area contributed by atoms with E-state index in [9.17, 15) is 4.79 Å². The third-order valence-electron chi connectivity index (χ3n) is 4.30. The average Bonchev–Trinajstić information content (AvgIpc) is 3.04. The molecule has 0 aliphatic heterocycles. The molecule has 3 nitrogen and oxygen atoms in total. The quantitative estimate of drug-likeness (QED) is 0.819. The third-order valence-corrected chi connectivity index (χ3v) is 5.05. The van der Waals surface area contributed by atoms with Crippen molar-refractivity contribution in [3.05, 3.63) is 35.2 Å². The Hall–Kier alpha value is -2.12. The Balaban J connectivity index is 1.68. The zero-order valence-corrected chi connectivity index (χ0v) is 13.9. The molecule has 1 aliphatic rings. The summed E-state index contributed by atoms with van der Waals surface area (Å²) in [6.07, 6.45) is 11.9. The molecule has 1 amide bonds. The second-order valence-electron chi connectivity index (χ2n) is 5.92. The van der Waals surface area contributed by atoms with Gasteiger partial charge in [-0.15, -0.1) is 17.8 Å². The second kappa shape index (κ2) is 7.43. The van der Waals surface area contributed by atoms with E-state index in [-0.39, 0.29) is 12.3 Å². The normalized spacial score (nSPS) is 15.1. The van der Waals surface area contributed by atoms with Crippen LogP contribution < -0.4 is 5.32 Å². The highest BCUT2D eigenvalue weighted by Crippen LogP contribution is 2.34. The number of nitrogens with zero attached hydrogens (tertiary/aromatic N) is 1. The third kappa shape index (κ3) is 4.00.